The van der Waals surface area contributed by atoms with Crippen molar-refractivity contribution < 1.29 is 14.1 Å². The molecule has 1 heterocycles. The van der Waals surface area contributed by atoms with Crippen LogP contribution in [0.4, 0.5) is 10.1 Å². The van der Waals surface area contributed by atoms with Crippen LogP contribution in [0.5, 0.6) is 0 Å². The number of nitrogens with one attached hydrogen (secondary N) is 1. The predicted molar refractivity (Wildman–Crippen MR) is 82.9 cm³/mol. The van der Waals surface area contributed by atoms with Gasteiger partial charge in [0.1, 0.15) is 5.82 Å². The highest BCUT2D eigenvalue weighted by Crippen LogP contribution is 2.20. The van der Waals surface area contributed by atoms with E-state index in [2.05, 4.69) is 5.32 Å². The molecule has 1 aromatic rings. The second-order valence-electron chi connectivity index (χ2n) is 5.17. The smallest absolute Gasteiger partial charge is 0.272 e. The van der Waals surface area contributed by atoms with E-state index in [0.717, 1.165) is 44.5 Å². The minimum Gasteiger partial charge on any atom is -0.339 e. The zero-order chi connectivity index (χ0) is 15.4. The zero-order valence-corrected chi connectivity index (χ0v) is 13.1. The Labute approximate surface area is 134 Å². The van der Waals surface area contributed by atoms with Crippen molar-refractivity contribution >= 4 is 24.0 Å². The Morgan fingerprint density at radius 2 is 2.14 bits per heavy atom. The molecule has 0 radical (unpaired) electrons. The summed E-state index contributed by atoms with van der Waals surface area (Å²) >= 11 is 0. The number of carbonyl (C=O) groups is 1. The van der Waals surface area contributed by atoms with Crippen molar-refractivity contribution in [2.75, 3.05) is 20.1 Å². The Bertz CT molecular complexity index is 548. The zero-order valence-electron chi connectivity index (χ0n) is 12.3. The molecule has 22 heavy (non-hydrogen) atoms. The van der Waals surface area contributed by atoms with Gasteiger partial charge in [0.25, 0.3) is 11.6 Å². The lowest BCUT2D eigenvalue weighted by Crippen LogP contribution is -2.38. The molecule has 6 nitrogen and oxygen atoms in total. The number of benzene rings is 1. The highest BCUT2D eigenvalue weighted by atomic mass is 35.5. The summed E-state index contributed by atoms with van der Waals surface area (Å²) in [6.07, 6.45) is 2.64. The van der Waals surface area contributed by atoms with Crippen LogP contribution in [0.2, 0.25) is 0 Å². The quantitative estimate of drug-likeness (QED) is 0.681. The number of amides is 1. The van der Waals surface area contributed by atoms with Crippen LogP contribution in [0, 0.1) is 15.9 Å². The summed E-state index contributed by atoms with van der Waals surface area (Å²) in [7, 11) is 1.65. The van der Waals surface area contributed by atoms with Gasteiger partial charge in [-0.05, 0) is 38.4 Å². The topological polar surface area (TPSA) is 75.5 Å². The van der Waals surface area contributed by atoms with Crippen LogP contribution in [0.3, 0.4) is 0 Å². The van der Waals surface area contributed by atoms with Crippen molar-refractivity contribution in [2.24, 2.45) is 0 Å². The van der Waals surface area contributed by atoms with Crippen LogP contribution in [-0.2, 0) is 0 Å². The molecule has 1 amide bonds. The molecule has 1 N–H and O–H groups in total. The van der Waals surface area contributed by atoms with Crippen LogP contribution in [0.15, 0.2) is 18.2 Å². The van der Waals surface area contributed by atoms with Crippen LogP contribution in [-0.4, -0.2) is 41.9 Å². The molecule has 0 aromatic heterocycles. The van der Waals surface area contributed by atoms with Crippen molar-refractivity contribution in [3.63, 3.8) is 0 Å². The molecule has 0 saturated carbocycles. The van der Waals surface area contributed by atoms with Crippen molar-refractivity contribution in [1.29, 1.82) is 0 Å². The Morgan fingerprint density at radius 1 is 1.41 bits per heavy atom. The Morgan fingerprint density at radius 3 is 2.77 bits per heavy atom. The Balaban J connectivity index is 0.00000242. The number of carbonyl (C=O) groups excluding carboxylic acids is 1. The normalized spacial score (nSPS) is 18.0. The van der Waals surface area contributed by atoms with E-state index in [0.29, 0.717) is 0 Å². The molecule has 1 aliphatic heterocycles. The van der Waals surface area contributed by atoms with E-state index in [4.69, 9.17) is 0 Å². The number of non-ortho nitro benzene ring substituents is 1. The number of nitrogens with zero attached hydrogens (tertiary/aromatic N) is 2. The Hall–Kier alpha value is -1.73. The molecular weight excluding hydrogens is 313 g/mol. The number of nitro benzene ring substituents is 1. The summed E-state index contributed by atoms with van der Waals surface area (Å²) < 4.78 is 13.9. The molecule has 0 spiro atoms. The van der Waals surface area contributed by atoms with E-state index in [1.807, 2.05) is 0 Å². The summed E-state index contributed by atoms with van der Waals surface area (Å²) in [5.74, 6) is -1.29. The fourth-order valence-electron chi connectivity index (χ4n) is 2.53. The van der Waals surface area contributed by atoms with E-state index in [9.17, 15) is 19.3 Å². The molecule has 122 valence electrons. The molecule has 1 unspecified atom stereocenters. The van der Waals surface area contributed by atoms with Gasteiger partial charge >= 0.3 is 0 Å². The van der Waals surface area contributed by atoms with Crippen LogP contribution < -0.4 is 5.32 Å². The summed E-state index contributed by atoms with van der Waals surface area (Å²) in [6.45, 7) is 1.75. The van der Waals surface area contributed by atoms with E-state index in [1.165, 1.54) is 11.0 Å². The summed E-state index contributed by atoms with van der Waals surface area (Å²) in [5.41, 5.74) is -0.481. The first-order valence-electron chi connectivity index (χ1n) is 6.92. The van der Waals surface area contributed by atoms with Crippen molar-refractivity contribution in [3.05, 3.63) is 39.7 Å². The molecular formula is C14H19ClFN3O3. The van der Waals surface area contributed by atoms with Gasteiger partial charge in [-0.15, -0.1) is 12.4 Å². The van der Waals surface area contributed by atoms with Gasteiger partial charge in [-0.1, -0.05) is 0 Å². The molecule has 1 fully saturated rings. The lowest BCUT2D eigenvalue weighted by atomic mass is 10.1. The maximum Gasteiger partial charge on any atom is 0.272 e. The SMILES string of the molecule is CN(C(=O)c1ccc([N+](=O)[O-])cc1F)C1CCCNCC1.Cl. The maximum absolute atomic E-state index is 13.9. The highest BCUT2D eigenvalue weighted by Gasteiger charge is 2.25. The lowest BCUT2D eigenvalue weighted by molar-refractivity contribution is -0.385. The molecule has 0 aliphatic carbocycles. The third-order valence-electron chi connectivity index (χ3n) is 3.81. The third kappa shape index (κ3) is 4.14. The largest absolute Gasteiger partial charge is 0.339 e. The minimum absolute atomic E-state index is 0. The minimum atomic E-state index is -0.854. The molecule has 1 saturated heterocycles. The van der Waals surface area contributed by atoms with Gasteiger partial charge in [0.15, 0.2) is 0 Å². The first-order chi connectivity index (χ1) is 10.0. The van der Waals surface area contributed by atoms with E-state index in [1.54, 1.807) is 7.05 Å². The monoisotopic (exact) mass is 331 g/mol. The number of halogens is 2. The fourth-order valence-corrected chi connectivity index (χ4v) is 2.53. The fraction of sp³-hybridized carbons (Fsp3) is 0.500. The summed E-state index contributed by atoms with van der Waals surface area (Å²) in [4.78, 5) is 23.8. The number of rotatable bonds is 3. The summed E-state index contributed by atoms with van der Waals surface area (Å²) in [6, 6.07) is 3.18. The highest BCUT2D eigenvalue weighted by molar-refractivity contribution is 5.94. The molecule has 1 aromatic carbocycles. The third-order valence-corrected chi connectivity index (χ3v) is 3.81. The van der Waals surface area contributed by atoms with Crippen molar-refractivity contribution in [2.45, 2.75) is 25.3 Å². The summed E-state index contributed by atoms with van der Waals surface area (Å²) in [5, 5.41) is 13.8. The molecule has 8 heteroatoms. The van der Waals surface area contributed by atoms with Crippen LogP contribution in [0.25, 0.3) is 0 Å². The standard InChI is InChI=1S/C14H18FN3O3.ClH/c1-17(10-3-2-7-16-8-6-10)14(19)12-5-4-11(18(20)21)9-13(12)15;/h4-5,9-10,16H,2-3,6-8H2,1H3;1H. The second-order valence-corrected chi connectivity index (χ2v) is 5.17. The Kier molecular flexibility index (Phi) is 6.70. The number of hydrogen-bond acceptors (Lipinski definition) is 4. The molecule has 1 aliphatic rings. The molecule has 1 atom stereocenters. The second kappa shape index (κ2) is 8.05. The van der Waals surface area contributed by atoms with Gasteiger partial charge < -0.3 is 10.2 Å². The van der Waals surface area contributed by atoms with Crippen molar-refractivity contribution in [3.8, 4) is 0 Å². The van der Waals surface area contributed by atoms with E-state index < -0.39 is 16.6 Å². The molecule has 0 bridgehead atoms. The van der Waals surface area contributed by atoms with Gasteiger partial charge in [0, 0.05) is 19.2 Å². The first kappa shape index (κ1) is 18.3. The average Bonchev–Trinajstić information content (AvgIpc) is 2.74. The maximum atomic E-state index is 13.9. The van der Waals surface area contributed by atoms with Crippen LogP contribution >= 0.6 is 12.4 Å². The van der Waals surface area contributed by atoms with E-state index >= 15 is 0 Å². The van der Waals surface area contributed by atoms with Gasteiger partial charge in [-0.3, -0.25) is 14.9 Å². The van der Waals surface area contributed by atoms with Gasteiger partial charge in [0.2, 0.25) is 0 Å². The first-order valence-corrected chi connectivity index (χ1v) is 6.92. The lowest BCUT2D eigenvalue weighted by Gasteiger charge is -2.27. The number of nitro groups is 1. The van der Waals surface area contributed by atoms with E-state index in [-0.39, 0.29) is 29.7 Å². The molecule has 2 rings (SSSR count). The predicted octanol–water partition coefficient (Wildman–Crippen LogP) is 2.37. The number of hydrogen-bond donors (Lipinski definition) is 1. The van der Waals surface area contributed by atoms with Crippen molar-refractivity contribution in [1.82, 2.24) is 10.2 Å². The van der Waals surface area contributed by atoms with Crippen LogP contribution in [0.1, 0.15) is 29.6 Å². The van der Waals surface area contributed by atoms with Gasteiger partial charge in [-0.25, -0.2) is 4.39 Å². The van der Waals surface area contributed by atoms with Gasteiger partial charge in [-0.2, -0.15) is 0 Å². The van der Waals surface area contributed by atoms with Gasteiger partial charge in [0.05, 0.1) is 16.6 Å². The average molecular weight is 332 g/mol.